The summed E-state index contributed by atoms with van der Waals surface area (Å²) in [4.78, 5) is 34.4. The molecule has 0 spiro atoms. The van der Waals surface area contributed by atoms with Crippen LogP contribution in [-0.4, -0.2) is 68.6 Å². The molecule has 41 heavy (non-hydrogen) atoms. The SMILES string of the molecule is CCCCON[C@@H](C[C@@H]1O[C@]1(C)CCC[C@H](C)[C@H](O)[C@@H](C)C(=O)C(C)(C)[C@@H](O)CC(=O)O)/C(C)=C/c1csc(C)n1. The summed E-state index contributed by atoms with van der Waals surface area (Å²) < 4.78 is 6.17. The quantitative estimate of drug-likeness (QED) is 0.0893. The molecule has 7 atom stereocenters. The lowest BCUT2D eigenvalue weighted by Crippen LogP contribution is -2.45. The summed E-state index contributed by atoms with van der Waals surface area (Å²) in [5.74, 6) is -2.37. The summed E-state index contributed by atoms with van der Waals surface area (Å²) >= 11 is 1.63. The topological polar surface area (TPSA) is 142 Å². The fourth-order valence-electron chi connectivity index (χ4n) is 5.27. The van der Waals surface area contributed by atoms with Crippen molar-refractivity contribution >= 4 is 29.2 Å². The van der Waals surface area contributed by atoms with Crippen LogP contribution in [0.3, 0.4) is 0 Å². The molecule has 0 amide bonds. The molecule has 234 valence electrons. The Morgan fingerprint density at radius 2 is 1.98 bits per heavy atom. The van der Waals surface area contributed by atoms with E-state index >= 15 is 0 Å². The number of carboxylic acids is 1. The van der Waals surface area contributed by atoms with Gasteiger partial charge in [0.25, 0.3) is 0 Å². The van der Waals surface area contributed by atoms with Crippen LogP contribution in [0.1, 0.15) is 104 Å². The second-order valence-corrected chi connectivity index (χ2v) is 13.6. The average Bonchev–Trinajstić information content (AvgIpc) is 3.35. The molecule has 2 rings (SSSR count). The maximum atomic E-state index is 13.0. The van der Waals surface area contributed by atoms with Gasteiger partial charge in [0.1, 0.15) is 5.78 Å². The minimum absolute atomic E-state index is 0.00636. The van der Waals surface area contributed by atoms with Crippen LogP contribution in [0.15, 0.2) is 11.0 Å². The predicted octanol–water partition coefficient (Wildman–Crippen LogP) is 5.33. The highest BCUT2D eigenvalue weighted by Gasteiger charge is 2.52. The van der Waals surface area contributed by atoms with E-state index < -0.39 is 35.9 Å². The number of carbonyl (C=O) groups excluding carboxylic acids is 1. The zero-order valence-electron chi connectivity index (χ0n) is 26.1. The van der Waals surface area contributed by atoms with Crippen molar-refractivity contribution in [3.63, 3.8) is 0 Å². The van der Waals surface area contributed by atoms with E-state index in [1.807, 2.05) is 13.8 Å². The minimum Gasteiger partial charge on any atom is -0.481 e. The first kappa shape index (κ1) is 35.5. The number of hydrogen-bond acceptors (Lipinski definition) is 9. The normalized spacial score (nSPS) is 23.1. The van der Waals surface area contributed by atoms with Gasteiger partial charge in [-0.1, -0.05) is 53.0 Å². The van der Waals surface area contributed by atoms with Crippen molar-refractivity contribution in [1.82, 2.24) is 10.5 Å². The molecule has 0 aromatic carbocycles. The number of epoxide rings is 1. The Morgan fingerprint density at radius 1 is 1.29 bits per heavy atom. The van der Waals surface area contributed by atoms with Gasteiger partial charge in [-0.15, -0.1) is 11.3 Å². The summed E-state index contributed by atoms with van der Waals surface area (Å²) in [6.45, 7) is 15.6. The lowest BCUT2D eigenvalue weighted by molar-refractivity contribution is -0.147. The van der Waals surface area contributed by atoms with Crippen LogP contribution in [0.5, 0.6) is 0 Å². The lowest BCUT2D eigenvalue weighted by atomic mass is 9.73. The monoisotopic (exact) mass is 596 g/mol. The van der Waals surface area contributed by atoms with Crippen LogP contribution in [-0.2, 0) is 19.2 Å². The number of aryl methyl sites for hydroxylation is 1. The first-order valence-electron chi connectivity index (χ1n) is 14.9. The number of hydroxylamine groups is 1. The van der Waals surface area contributed by atoms with Crippen molar-refractivity contribution in [1.29, 1.82) is 0 Å². The highest BCUT2D eigenvalue weighted by Crippen LogP contribution is 2.44. The molecule has 10 heteroatoms. The molecule has 1 saturated heterocycles. The van der Waals surface area contributed by atoms with Gasteiger partial charge < -0.3 is 24.9 Å². The fraction of sp³-hybridized carbons (Fsp3) is 0.774. The summed E-state index contributed by atoms with van der Waals surface area (Å²) in [5, 5.41) is 33.3. The van der Waals surface area contributed by atoms with E-state index in [9.17, 15) is 19.8 Å². The van der Waals surface area contributed by atoms with Crippen LogP contribution in [0.25, 0.3) is 6.08 Å². The smallest absolute Gasteiger partial charge is 0.306 e. The first-order valence-corrected chi connectivity index (χ1v) is 15.8. The van der Waals surface area contributed by atoms with Crippen LogP contribution < -0.4 is 5.48 Å². The number of ketones is 1. The van der Waals surface area contributed by atoms with Crippen molar-refractivity contribution in [3.05, 3.63) is 21.7 Å². The number of aromatic nitrogens is 1. The number of nitrogens with one attached hydrogen (secondary N) is 1. The fourth-order valence-corrected chi connectivity index (χ4v) is 5.84. The number of rotatable bonds is 20. The first-order chi connectivity index (χ1) is 19.1. The van der Waals surface area contributed by atoms with Gasteiger partial charge in [0.15, 0.2) is 0 Å². The lowest BCUT2D eigenvalue weighted by Gasteiger charge is -2.34. The van der Waals surface area contributed by atoms with E-state index in [2.05, 4.69) is 42.7 Å². The maximum absolute atomic E-state index is 13.0. The largest absolute Gasteiger partial charge is 0.481 e. The second-order valence-electron chi connectivity index (χ2n) is 12.6. The van der Waals surface area contributed by atoms with Crippen molar-refractivity contribution in [2.75, 3.05) is 6.61 Å². The van der Waals surface area contributed by atoms with Gasteiger partial charge in [0, 0.05) is 11.3 Å². The van der Waals surface area contributed by atoms with E-state index in [0.29, 0.717) is 13.0 Å². The van der Waals surface area contributed by atoms with Gasteiger partial charge in [-0.05, 0) is 58.4 Å². The molecule has 2 heterocycles. The number of aliphatic hydroxyl groups is 2. The molecule has 1 aromatic heterocycles. The zero-order chi connectivity index (χ0) is 31.0. The number of Topliss-reactive ketones (excluding diaryl/α,β-unsaturated/α-hetero) is 1. The third-order valence-corrected chi connectivity index (χ3v) is 9.34. The summed E-state index contributed by atoms with van der Waals surface area (Å²) in [6, 6.07) is -0.00636. The molecule has 0 saturated carbocycles. The third kappa shape index (κ3) is 10.5. The van der Waals surface area contributed by atoms with E-state index in [1.165, 1.54) is 13.8 Å². The highest BCUT2D eigenvalue weighted by molar-refractivity contribution is 7.09. The van der Waals surface area contributed by atoms with E-state index in [4.69, 9.17) is 14.7 Å². The number of unbranched alkanes of at least 4 members (excludes halogenated alkanes) is 1. The average molecular weight is 597 g/mol. The van der Waals surface area contributed by atoms with Crippen LogP contribution >= 0.6 is 11.3 Å². The number of carbonyl (C=O) groups is 2. The Labute approximate surface area is 249 Å². The minimum atomic E-state index is -1.32. The number of thiazole rings is 1. The van der Waals surface area contributed by atoms with Crippen molar-refractivity contribution in [3.8, 4) is 0 Å². The Hall–Kier alpha value is -1.69. The van der Waals surface area contributed by atoms with Gasteiger partial charge in [-0.3, -0.25) is 9.59 Å². The van der Waals surface area contributed by atoms with Crippen molar-refractivity contribution < 1.29 is 34.5 Å². The van der Waals surface area contributed by atoms with Gasteiger partial charge in [-0.25, -0.2) is 4.98 Å². The standard InChI is InChI=1S/C31H52N2O7S/c1-9-10-14-39-33-24(20(3)15-23-18-41-22(5)32-23)16-26-31(8,40-26)13-11-12-19(2)28(37)21(4)29(38)30(6,7)25(34)17-27(35)36/h15,18-19,21,24-26,28,33-34,37H,9-14,16-17H2,1-8H3,(H,35,36)/b20-15+/t19-,21+,24-,25-,26-,28-,31+/m0/s1. The van der Waals surface area contributed by atoms with Crippen LogP contribution in [0.4, 0.5) is 0 Å². The number of carboxylic acid groups (broad SMARTS) is 1. The molecular formula is C31H52N2O7S. The Kier molecular flexibility index (Phi) is 13.6. The Bertz CT molecular complexity index is 1030. The van der Waals surface area contributed by atoms with Crippen molar-refractivity contribution in [2.45, 2.75) is 130 Å². The van der Waals surface area contributed by atoms with Crippen LogP contribution in [0.2, 0.25) is 0 Å². The number of nitrogens with zero attached hydrogens (tertiary/aromatic N) is 1. The Balaban J connectivity index is 1.90. The van der Waals surface area contributed by atoms with Gasteiger partial charge in [0.2, 0.25) is 0 Å². The Morgan fingerprint density at radius 3 is 2.56 bits per heavy atom. The highest BCUT2D eigenvalue weighted by atomic mass is 32.1. The third-order valence-electron chi connectivity index (χ3n) is 8.55. The molecule has 1 aromatic rings. The molecule has 1 aliphatic heterocycles. The second kappa shape index (κ2) is 15.7. The van der Waals surface area contributed by atoms with Gasteiger partial charge in [0.05, 0.1) is 59.1 Å². The molecule has 0 unspecified atom stereocenters. The zero-order valence-corrected chi connectivity index (χ0v) is 26.9. The molecule has 0 radical (unpaired) electrons. The predicted molar refractivity (Wildman–Crippen MR) is 161 cm³/mol. The number of ether oxygens (including phenoxy) is 1. The summed E-state index contributed by atoms with van der Waals surface area (Å²) in [7, 11) is 0. The molecule has 4 N–H and O–H groups in total. The molecule has 1 fully saturated rings. The van der Waals surface area contributed by atoms with Gasteiger partial charge in [-0.2, -0.15) is 5.48 Å². The number of aliphatic hydroxyl groups excluding tert-OH is 2. The number of aliphatic carboxylic acids is 1. The van der Waals surface area contributed by atoms with Crippen LogP contribution in [0, 0.1) is 24.2 Å². The summed E-state index contributed by atoms with van der Waals surface area (Å²) in [6.07, 6.45) is 4.64. The van der Waals surface area contributed by atoms with E-state index in [0.717, 1.165) is 48.4 Å². The van der Waals surface area contributed by atoms with Gasteiger partial charge >= 0.3 is 5.97 Å². The molecule has 1 aliphatic rings. The molecular weight excluding hydrogens is 544 g/mol. The molecule has 9 nitrogen and oxygen atoms in total. The summed E-state index contributed by atoms with van der Waals surface area (Å²) in [5.41, 5.74) is 3.81. The van der Waals surface area contributed by atoms with E-state index in [1.54, 1.807) is 18.3 Å². The van der Waals surface area contributed by atoms with Crippen molar-refractivity contribution in [2.24, 2.45) is 17.3 Å². The number of hydrogen-bond donors (Lipinski definition) is 4. The van der Waals surface area contributed by atoms with E-state index in [-0.39, 0.29) is 29.4 Å². The molecule has 0 aliphatic carbocycles. The maximum Gasteiger partial charge on any atom is 0.306 e. The molecule has 0 bridgehead atoms.